The van der Waals surface area contributed by atoms with E-state index in [0.29, 0.717) is 0 Å². The molecule has 0 aromatic heterocycles. The fourth-order valence-corrected chi connectivity index (χ4v) is 2.07. The fraction of sp³-hybridized carbons (Fsp3) is 0.538. The van der Waals surface area contributed by atoms with Crippen LogP contribution in [0, 0.1) is 6.92 Å². The molecule has 0 atom stereocenters. The lowest BCUT2D eigenvalue weighted by Crippen LogP contribution is -1.87. The lowest BCUT2D eigenvalue weighted by atomic mass is 10.2. The summed E-state index contributed by atoms with van der Waals surface area (Å²) in [7, 11) is 0. The lowest BCUT2D eigenvalue weighted by molar-refractivity contribution is 0.356. The molecule has 0 aliphatic carbocycles. The lowest BCUT2D eigenvalue weighted by Gasteiger charge is -2.03. The van der Waals surface area contributed by atoms with Gasteiger partial charge in [-0.1, -0.05) is 38.3 Å². The van der Waals surface area contributed by atoms with Crippen LogP contribution >= 0.6 is 12.0 Å². The molecule has 0 aliphatic rings. The highest BCUT2D eigenvalue weighted by Crippen LogP contribution is 2.20. The average molecular weight is 224 g/mol. The minimum atomic E-state index is 0.860. The maximum atomic E-state index is 5.54. The summed E-state index contributed by atoms with van der Waals surface area (Å²) in [5.41, 5.74) is 1.29. The molecule has 1 aromatic rings. The second-order valence-electron chi connectivity index (χ2n) is 3.78. The molecule has 0 amide bonds. The Morgan fingerprint density at radius 2 is 2.07 bits per heavy atom. The summed E-state index contributed by atoms with van der Waals surface area (Å²) in [4.78, 5) is 1.20. The van der Waals surface area contributed by atoms with Crippen molar-refractivity contribution in [2.75, 3.05) is 6.61 Å². The van der Waals surface area contributed by atoms with E-state index in [9.17, 15) is 0 Å². The third kappa shape index (κ3) is 5.85. The Kier molecular flexibility index (Phi) is 6.53. The van der Waals surface area contributed by atoms with Crippen molar-refractivity contribution < 1.29 is 4.18 Å². The summed E-state index contributed by atoms with van der Waals surface area (Å²) in [6, 6.07) is 8.41. The predicted molar refractivity (Wildman–Crippen MR) is 67.1 cm³/mol. The van der Waals surface area contributed by atoms with Crippen LogP contribution in [0.5, 0.6) is 0 Å². The highest BCUT2D eigenvalue weighted by atomic mass is 32.2. The van der Waals surface area contributed by atoms with Gasteiger partial charge in [0.15, 0.2) is 0 Å². The zero-order valence-electron chi connectivity index (χ0n) is 9.66. The van der Waals surface area contributed by atoms with Crippen LogP contribution in [-0.2, 0) is 4.18 Å². The predicted octanol–water partition coefficient (Wildman–Crippen LogP) is 4.60. The van der Waals surface area contributed by atoms with Gasteiger partial charge in [-0.2, -0.15) is 0 Å². The van der Waals surface area contributed by atoms with Crippen molar-refractivity contribution >= 4 is 12.0 Å². The van der Waals surface area contributed by atoms with Crippen LogP contribution in [0.3, 0.4) is 0 Å². The summed E-state index contributed by atoms with van der Waals surface area (Å²) in [5.74, 6) is 0. The van der Waals surface area contributed by atoms with Gasteiger partial charge in [-0.05, 0) is 31.0 Å². The van der Waals surface area contributed by atoms with E-state index in [2.05, 4.69) is 38.1 Å². The van der Waals surface area contributed by atoms with Crippen molar-refractivity contribution in [1.82, 2.24) is 0 Å². The molecule has 0 N–H and O–H groups in total. The maximum Gasteiger partial charge on any atom is 0.0618 e. The molecular weight excluding hydrogens is 204 g/mol. The number of unbranched alkanes of at least 4 members (excludes halogenated alkanes) is 3. The van der Waals surface area contributed by atoms with Gasteiger partial charge in [0.25, 0.3) is 0 Å². The molecule has 0 saturated heterocycles. The van der Waals surface area contributed by atoms with Crippen LogP contribution in [-0.4, -0.2) is 6.61 Å². The average Bonchev–Trinajstić information content (AvgIpc) is 2.23. The summed E-state index contributed by atoms with van der Waals surface area (Å²) in [6.45, 7) is 5.19. The van der Waals surface area contributed by atoms with Gasteiger partial charge in [0.1, 0.15) is 0 Å². The molecule has 0 heterocycles. The summed E-state index contributed by atoms with van der Waals surface area (Å²) in [5, 5.41) is 0. The van der Waals surface area contributed by atoms with Crippen molar-refractivity contribution in [2.45, 2.75) is 44.4 Å². The zero-order valence-corrected chi connectivity index (χ0v) is 10.5. The van der Waals surface area contributed by atoms with Crippen LogP contribution in [0.15, 0.2) is 29.2 Å². The highest BCUT2D eigenvalue weighted by molar-refractivity contribution is 7.94. The molecule has 0 fully saturated rings. The Morgan fingerprint density at radius 1 is 1.20 bits per heavy atom. The van der Waals surface area contributed by atoms with E-state index in [1.807, 2.05) is 0 Å². The highest BCUT2D eigenvalue weighted by Gasteiger charge is 1.95. The van der Waals surface area contributed by atoms with E-state index >= 15 is 0 Å². The van der Waals surface area contributed by atoms with Gasteiger partial charge in [0, 0.05) is 16.9 Å². The van der Waals surface area contributed by atoms with Crippen molar-refractivity contribution in [2.24, 2.45) is 0 Å². The number of hydrogen-bond acceptors (Lipinski definition) is 2. The van der Waals surface area contributed by atoms with Crippen LogP contribution in [0.25, 0.3) is 0 Å². The topological polar surface area (TPSA) is 9.23 Å². The van der Waals surface area contributed by atoms with Crippen molar-refractivity contribution in [3.63, 3.8) is 0 Å². The first-order valence-electron chi connectivity index (χ1n) is 5.69. The molecule has 1 aromatic carbocycles. The second kappa shape index (κ2) is 7.77. The molecule has 0 unspecified atom stereocenters. The SMILES string of the molecule is CCCCCCOSc1cccc(C)c1. The Morgan fingerprint density at radius 3 is 2.80 bits per heavy atom. The molecule has 84 valence electrons. The van der Waals surface area contributed by atoms with Gasteiger partial charge >= 0.3 is 0 Å². The molecule has 1 nitrogen and oxygen atoms in total. The smallest absolute Gasteiger partial charge is 0.0618 e. The molecule has 0 spiro atoms. The number of rotatable bonds is 7. The maximum absolute atomic E-state index is 5.54. The number of hydrogen-bond donors (Lipinski definition) is 0. The largest absolute Gasteiger partial charge is 0.310 e. The minimum absolute atomic E-state index is 0.860. The normalized spacial score (nSPS) is 10.5. The van der Waals surface area contributed by atoms with Gasteiger partial charge in [-0.3, -0.25) is 0 Å². The Labute approximate surface area is 97.4 Å². The van der Waals surface area contributed by atoms with Crippen molar-refractivity contribution in [3.8, 4) is 0 Å². The van der Waals surface area contributed by atoms with E-state index in [-0.39, 0.29) is 0 Å². The van der Waals surface area contributed by atoms with Gasteiger partial charge in [0.05, 0.1) is 6.61 Å². The van der Waals surface area contributed by atoms with Crippen LogP contribution in [0.1, 0.15) is 38.2 Å². The van der Waals surface area contributed by atoms with Gasteiger partial charge in [-0.25, -0.2) is 0 Å². The van der Waals surface area contributed by atoms with E-state index in [0.717, 1.165) is 6.61 Å². The zero-order chi connectivity index (χ0) is 10.9. The van der Waals surface area contributed by atoms with E-state index in [4.69, 9.17) is 4.18 Å². The summed E-state index contributed by atoms with van der Waals surface area (Å²) in [6.07, 6.45) is 5.06. The van der Waals surface area contributed by atoms with Crippen molar-refractivity contribution in [3.05, 3.63) is 29.8 Å². The summed E-state index contributed by atoms with van der Waals surface area (Å²) < 4.78 is 5.54. The van der Waals surface area contributed by atoms with E-state index in [1.165, 1.54) is 48.2 Å². The van der Waals surface area contributed by atoms with Crippen molar-refractivity contribution in [1.29, 1.82) is 0 Å². The second-order valence-corrected chi connectivity index (χ2v) is 4.66. The van der Waals surface area contributed by atoms with E-state index in [1.54, 1.807) is 0 Å². The van der Waals surface area contributed by atoms with Gasteiger partial charge in [0.2, 0.25) is 0 Å². The molecule has 0 radical (unpaired) electrons. The molecule has 1 rings (SSSR count). The first-order valence-corrected chi connectivity index (χ1v) is 6.43. The molecule has 15 heavy (non-hydrogen) atoms. The van der Waals surface area contributed by atoms with Crippen LogP contribution in [0.4, 0.5) is 0 Å². The Balaban J connectivity index is 2.10. The quantitative estimate of drug-likeness (QED) is 0.494. The fourth-order valence-electron chi connectivity index (χ4n) is 1.36. The van der Waals surface area contributed by atoms with Gasteiger partial charge in [-0.15, -0.1) is 0 Å². The minimum Gasteiger partial charge on any atom is -0.310 e. The van der Waals surface area contributed by atoms with E-state index < -0.39 is 0 Å². The van der Waals surface area contributed by atoms with Crippen LogP contribution < -0.4 is 0 Å². The third-order valence-electron chi connectivity index (χ3n) is 2.23. The molecule has 2 heteroatoms. The number of benzene rings is 1. The molecule has 0 bridgehead atoms. The molecular formula is C13H20OS. The third-order valence-corrected chi connectivity index (χ3v) is 2.96. The first-order chi connectivity index (χ1) is 7.33. The molecule has 0 aliphatic heterocycles. The monoisotopic (exact) mass is 224 g/mol. The first kappa shape index (κ1) is 12.6. The Hall–Kier alpha value is -0.470. The summed E-state index contributed by atoms with van der Waals surface area (Å²) >= 11 is 1.49. The van der Waals surface area contributed by atoms with Gasteiger partial charge < -0.3 is 4.18 Å². The molecule has 0 saturated carbocycles. The van der Waals surface area contributed by atoms with Crippen LogP contribution in [0.2, 0.25) is 0 Å². The number of aryl methyl sites for hydroxylation is 1. The Bertz CT molecular complexity index is 273. The standard InChI is InChI=1S/C13H20OS/c1-3-4-5-6-10-14-15-13-9-7-8-12(2)11-13/h7-9,11H,3-6,10H2,1-2H3.